The van der Waals surface area contributed by atoms with E-state index in [9.17, 15) is 9.59 Å². The zero-order chi connectivity index (χ0) is 25.5. The van der Waals surface area contributed by atoms with E-state index in [1.165, 1.54) is 11.8 Å². The number of nitrogens with one attached hydrogen (secondary N) is 2. The molecule has 0 bridgehead atoms. The number of aromatic nitrogens is 3. The average molecular weight is 512 g/mol. The van der Waals surface area contributed by atoms with Crippen LogP contribution in [0.2, 0.25) is 5.02 Å². The number of halogens is 1. The molecule has 1 heterocycles. The Kier molecular flexibility index (Phi) is 9.12. The topological polar surface area (TPSA) is 88.9 Å². The number of carbonyl (C=O) groups excluding carboxylic acids is 2. The van der Waals surface area contributed by atoms with E-state index in [0.29, 0.717) is 33.8 Å². The zero-order valence-corrected chi connectivity index (χ0v) is 21.9. The number of nitrogens with zero attached hydrogens (tertiary/aromatic N) is 3. The minimum atomic E-state index is -0.367. The van der Waals surface area contributed by atoms with E-state index in [4.69, 9.17) is 11.6 Å². The number of amides is 2. The molecule has 184 valence electrons. The second-order valence-corrected chi connectivity index (χ2v) is 9.90. The predicted molar refractivity (Wildman–Crippen MR) is 142 cm³/mol. The lowest BCUT2D eigenvalue weighted by Gasteiger charge is -2.22. The molecule has 0 saturated carbocycles. The van der Waals surface area contributed by atoms with E-state index < -0.39 is 0 Å². The molecule has 0 saturated heterocycles. The molecule has 1 atom stereocenters. The number of anilines is 1. The van der Waals surface area contributed by atoms with Gasteiger partial charge < -0.3 is 15.2 Å². The van der Waals surface area contributed by atoms with Gasteiger partial charge >= 0.3 is 0 Å². The second kappa shape index (κ2) is 12.0. The normalized spacial score (nSPS) is 11.8. The van der Waals surface area contributed by atoms with Crippen molar-refractivity contribution in [2.75, 3.05) is 11.1 Å². The van der Waals surface area contributed by atoms with Crippen molar-refractivity contribution in [3.05, 3.63) is 82.7 Å². The number of carbonyl (C=O) groups is 2. The first-order valence-electron chi connectivity index (χ1n) is 11.3. The van der Waals surface area contributed by atoms with Crippen molar-refractivity contribution in [1.82, 2.24) is 20.1 Å². The first-order valence-corrected chi connectivity index (χ1v) is 12.7. The summed E-state index contributed by atoms with van der Waals surface area (Å²) in [5.41, 5.74) is 3.16. The fourth-order valence-corrected chi connectivity index (χ4v) is 4.39. The molecule has 2 amide bonds. The molecule has 0 aliphatic rings. The average Bonchev–Trinajstić information content (AvgIpc) is 3.21. The molecule has 2 aromatic carbocycles. The highest BCUT2D eigenvalue weighted by atomic mass is 35.5. The fraction of sp³-hybridized carbons (Fsp3) is 0.308. The molecule has 0 aliphatic heterocycles. The Morgan fingerprint density at radius 2 is 1.86 bits per heavy atom. The molecule has 0 aliphatic carbocycles. The number of allylic oxidation sites excluding steroid dienone is 1. The van der Waals surface area contributed by atoms with Crippen molar-refractivity contribution in [3.63, 3.8) is 0 Å². The molecule has 1 aromatic heterocycles. The number of hydrogen-bond acceptors (Lipinski definition) is 5. The third-order valence-electron chi connectivity index (χ3n) is 5.48. The lowest BCUT2D eigenvalue weighted by atomic mass is 10.0. The van der Waals surface area contributed by atoms with Crippen molar-refractivity contribution >= 4 is 40.9 Å². The van der Waals surface area contributed by atoms with Gasteiger partial charge in [0.05, 0.1) is 11.8 Å². The molecular weight excluding hydrogens is 482 g/mol. The van der Waals surface area contributed by atoms with Crippen molar-refractivity contribution in [2.45, 2.75) is 45.4 Å². The molecule has 7 nitrogen and oxygen atoms in total. The maximum Gasteiger partial charge on any atom is 0.251 e. The van der Waals surface area contributed by atoms with Crippen LogP contribution in [0.1, 0.15) is 47.2 Å². The van der Waals surface area contributed by atoms with Crippen LogP contribution in [0.25, 0.3) is 0 Å². The Morgan fingerprint density at radius 3 is 2.51 bits per heavy atom. The lowest BCUT2D eigenvalue weighted by Crippen LogP contribution is -2.33. The van der Waals surface area contributed by atoms with Crippen LogP contribution in [0.3, 0.4) is 0 Å². The summed E-state index contributed by atoms with van der Waals surface area (Å²) < 4.78 is 1.88. The lowest BCUT2D eigenvalue weighted by molar-refractivity contribution is -0.113. The Balaban J connectivity index is 1.75. The summed E-state index contributed by atoms with van der Waals surface area (Å²) in [5.74, 6) is 0.465. The maximum atomic E-state index is 12.9. The summed E-state index contributed by atoms with van der Waals surface area (Å²) in [6, 6.07) is 12.4. The summed E-state index contributed by atoms with van der Waals surface area (Å²) in [6.07, 6.45) is 1.74. The standard InChI is InChI=1S/C26H30ClN5O2S/c1-6-14-32-24(23(16(2)3)29-25(34)19-12-10-17(4)11-13-19)30-31-26(32)35-15-22(33)28-21-9-7-8-20(27)18(21)5/h6-13,16,23H,1,14-15H2,2-5H3,(H,28,33)(H,29,34)/t23-/m1/s1. The Bertz CT molecular complexity index is 1210. The minimum absolute atomic E-state index is 0.0594. The molecule has 0 radical (unpaired) electrons. The van der Waals surface area contributed by atoms with E-state index in [1.54, 1.807) is 30.3 Å². The highest BCUT2D eigenvalue weighted by Crippen LogP contribution is 2.27. The Hall–Kier alpha value is -3.10. The molecule has 3 rings (SSSR count). The number of thioether (sulfide) groups is 1. The third kappa shape index (κ3) is 6.74. The van der Waals surface area contributed by atoms with Gasteiger partial charge in [0.1, 0.15) is 0 Å². The summed E-state index contributed by atoms with van der Waals surface area (Å²) in [7, 11) is 0. The molecule has 3 aromatic rings. The minimum Gasteiger partial charge on any atom is -0.342 e. The van der Waals surface area contributed by atoms with Gasteiger partial charge in [-0.25, -0.2) is 0 Å². The van der Waals surface area contributed by atoms with E-state index in [0.717, 1.165) is 11.1 Å². The monoisotopic (exact) mass is 511 g/mol. The molecule has 0 spiro atoms. The van der Waals surface area contributed by atoms with Crippen LogP contribution in [0, 0.1) is 19.8 Å². The van der Waals surface area contributed by atoms with Crippen LogP contribution in [0.5, 0.6) is 0 Å². The maximum absolute atomic E-state index is 12.9. The smallest absolute Gasteiger partial charge is 0.251 e. The number of hydrogen-bond donors (Lipinski definition) is 2. The first kappa shape index (κ1) is 26.5. The number of rotatable bonds is 10. The van der Waals surface area contributed by atoms with Gasteiger partial charge in [-0.15, -0.1) is 16.8 Å². The second-order valence-electron chi connectivity index (χ2n) is 8.55. The van der Waals surface area contributed by atoms with Crippen LogP contribution in [0.4, 0.5) is 5.69 Å². The van der Waals surface area contributed by atoms with Gasteiger partial charge in [0, 0.05) is 22.8 Å². The van der Waals surface area contributed by atoms with Crippen LogP contribution < -0.4 is 10.6 Å². The van der Waals surface area contributed by atoms with Gasteiger partial charge in [0.2, 0.25) is 5.91 Å². The quantitative estimate of drug-likeness (QED) is 0.273. The number of aryl methyl sites for hydroxylation is 1. The highest BCUT2D eigenvalue weighted by Gasteiger charge is 2.26. The molecule has 35 heavy (non-hydrogen) atoms. The van der Waals surface area contributed by atoms with Gasteiger partial charge in [-0.3, -0.25) is 9.59 Å². The van der Waals surface area contributed by atoms with Crippen LogP contribution in [-0.2, 0) is 11.3 Å². The summed E-state index contributed by atoms with van der Waals surface area (Å²) in [6.45, 7) is 12.2. The van der Waals surface area contributed by atoms with Gasteiger partial charge in [-0.05, 0) is 49.6 Å². The van der Waals surface area contributed by atoms with Crippen molar-refractivity contribution in [3.8, 4) is 0 Å². The summed E-state index contributed by atoms with van der Waals surface area (Å²) >= 11 is 7.42. The zero-order valence-electron chi connectivity index (χ0n) is 20.3. The first-order chi connectivity index (χ1) is 16.7. The van der Waals surface area contributed by atoms with Gasteiger partial charge in [-0.2, -0.15) is 0 Å². The van der Waals surface area contributed by atoms with Crippen molar-refractivity contribution < 1.29 is 9.59 Å². The summed E-state index contributed by atoms with van der Waals surface area (Å²) in [5, 5.41) is 15.9. The largest absolute Gasteiger partial charge is 0.342 e. The predicted octanol–water partition coefficient (Wildman–Crippen LogP) is 5.59. The fourth-order valence-electron chi connectivity index (χ4n) is 3.46. The summed E-state index contributed by atoms with van der Waals surface area (Å²) in [4.78, 5) is 25.5. The van der Waals surface area contributed by atoms with Gasteiger partial charge in [0.25, 0.3) is 5.91 Å². The molecule has 2 N–H and O–H groups in total. The molecule has 0 fully saturated rings. The highest BCUT2D eigenvalue weighted by molar-refractivity contribution is 7.99. The SMILES string of the molecule is C=CCn1c(SCC(=O)Nc2cccc(Cl)c2C)nnc1[C@H](NC(=O)c1ccc(C)cc1)C(C)C. The van der Waals surface area contributed by atoms with E-state index in [1.807, 2.05) is 50.5 Å². The van der Waals surface area contributed by atoms with Crippen LogP contribution >= 0.6 is 23.4 Å². The van der Waals surface area contributed by atoms with Crippen molar-refractivity contribution in [2.24, 2.45) is 5.92 Å². The third-order valence-corrected chi connectivity index (χ3v) is 6.85. The van der Waals surface area contributed by atoms with E-state index in [-0.39, 0.29) is 29.5 Å². The Morgan fingerprint density at radius 1 is 1.14 bits per heavy atom. The molecule has 0 unspecified atom stereocenters. The van der Waals surface area contributed by atoms with E-state index in [2.05, 4.69) is 27.4 Å². The van der Waals surface area contributed by atoms with Crippen LogP contribution in [-0.4, -0.2) is 32.3 Å². The van der Waals surface area contributed by atoms with Crippen LogP contribution in [0.15, 0.2) is 60.3 Å². The van der Waals surface area contributed by atoms with Crippen molar-refractivity contribution in [1.29, 1.82) is 0 Å². The Labute approximate surface area is 215 Å². The van der Waals surface area contributed by atoms with Gasteiger partial charge in [0.15, 0.2) is 11.0 Å². The van der Waals surface area contributed by atoms with E-state index >= 15 is 0 Å². The van der Waals surface area contributed by atoms with Gasteiger partial charge in [-0.1, -0.05) is 67.0 Å². The molecule has 9 heteroatoms. The number of benzene rings is 2. The molecular formula is C26H30ClN5O2S.